The van der Waals surface area contributed by atoms with Crippen LogP contribution < -0.4 is 0 Å². The molecular formula is C13H10BrNO2S. The van der Waals surface area contributed by atoms with Gasteiger partial charge < -0.3 is 5.11 Å². The third-order valence-corrected chi connectivity index (χ3v) is 3.80. The molecule has 92 valence electrons. The molecule has 1 heterocycles. The van der Waals surface area contributed by atoms with E-state index in [2.05, 4.69) is 20.9 Å². The van der Waals surface area contributed by atoms with Crippen LogP contribution in [0.5, 0.6) is 0 Å². The Morgan fingerprint density at radius 2 is 2.17 bits per heavy atom. The third-order valence-electron chi connectivity index (χ3n) is 2.25. The normalized spacial score (nSPS) is 10.3. The van der Waals surface area contributed by atoms with Crippen molar-refractivity contribution in [1.82, 2.24) is 4.98 Å². The van der Waals surface area contributed by atoms with E-state index in [1.807, 2.05) is 30.3 Å². The fourth-order valence-electron chi connectivity index (χ4n) is 1.41. The molecule has 0 unspecified atom stereocenters. The van der Waals surface area contributed by atoms with Crippen LogP contribution in [-0.4, -0.2) is 16.1 Å². The van der Waals surface area contributed by atoms with Crippen LogP contribution in [0.1, 0.15) is 16.1 Å². The van der Waals surface area contributed by atoms with Gasteiger partial charge in [0, 0.05) is 21.3 Å². The second kappa shape index (κ2) is 6.02. The Bertz CT molecular complexity index is 574. The van der Waals surface area contributed by atoms with E-state index in [1.54, 1.807) is 17.8 Å². The molecule has 5 heteroatoms. The molecule has 0 saturated heterocycles. The Balaban J connectivity index is 2.06. The minimum atomic E-state index is -1.00. The number of halogens is 1. The number of aromatic carboxylic acids is 1. The minimum Gasteiger partial charge on any atom is -0.477 e. The van der Waals surface area contributed by atoms with Crippen molar-refractivity contribution in [3.8, 4) is 0 Å². The maximum absolute atomic E-state index is 10.8. The van der Waals surface area contributed by atoms with Crippen LogP contribution in [0.2, 0.25) is 0 Å². The summed E-state index contributed by atoms with van der Waals surface area (Å²) in [6.45, 7) is 0. The average Bonchev–Trinajstić information content (AvgIpc) is 2.37. The van der Waals surface area contributed by atoms with Gasteiger partial charge in [0.2, 0.25) is 0 Å². The van der Waals surface area contributed by atoms with Crippen molar-refractivity contribution >= 4 is 33.7 Å². The van der Waals surface area contributed by atoms with Crippen LogP contribution in [0.4, 0.5) is 0 Å². The molecule has 0 fully saturated rings. The summed E-state index contributed by atoms with van der Waals surface area (Å²) >= 11 is 5.01. The lowest BCUT2D eigenvalue weighted by Crippen LogP contribution is -1.99. The quantitative estimate of drug-likeness (QED) is 0.868. The summed E-state index contributed by atoms with van der Waals surface area (Å²) in [7, 11) is 0. The molecule has 2 rings (SSSR count). The molecule has 0 aliphatic rings. The van der Waals surface area contributed by atoms with Crippen LogP contribution in [0, 0.1) is 0 Å². The van der Waals surface area contributed by atoms with Gasteiger partial charge in [-0.05, 0) is 29.8 Å². The average molecular weight is 324 g/mol. The first-order valence-corrected chi connectivity index (χ1v) is 6.99. The first-order chi connectivity index (χ1) is 8.65. The van der Waals surface area contributed by atoms with Crippen LogP contribution in [0.3, 0.4) is 0 Å². The van der Waals surface area contributed by atoms with E-state index in [1.165, 1.54) is 11.8 Å². The Kier molecular flexibility index (Phi) is 4.38. The van der Waals surface area contributed by atoms with Gasteiger partial charge >= 0.3 is 5.97 Å². The minimum absolute atomic E-state index is 0.0780. The van der Waals surface area contributed by atoms with Crippen LogP contribution in [-0.2, 0) is 5.75 Å². The number of nitrogens with zero attached hydrogens (tertiary/aromatic N) is 1. The van der Waals surface area contributed by atoms with Crippen molar-refractivity contribution in [1.29, 1.82) is 0 Å². The molecule has 0 aliphatic heterocycles. The monoisotopic (exact) mass is 323 g/mol. The number of thioether (sulfide) groups is 1. The van der Waals surface area contributed by atoms with Gasteiger partial charge in [0.05, 0.1) is 0 Å². The first kappa shape index (κ1) is 13.1. The summed E-state index contributed by atoms with van der Waals surface area (Å²) in [4.78, 5) is 15.5. The highest BCUT2D eigenvalue weighted by Gasteiger charge is 2.05. The van der Waals surface area contributed by atoms with Crippen LogP contribution >= 0.6 is 27.7 Å². The fourth-order valence-corrected chi connectivity index (χ4v) is 2.72. The highest BCUT2D eigenvalue weighted by molar-refractivity contribution is 9.10. The van der Waals surface area contributed by atoms with Crippen molar-refractivity contribution in [2.24, 2.45) is 0 Å². The van der Waals surface area contributed by atoms with E-state index in [0.717, 1.165) is 15.1 Å². The molecule has 0 amide bonds. The molecule has 1 N–H and O–H groups in total. The third kappa shape index (κ3) is 3.58. The summed E-state index contributed by atoms with van der Waals surface area (Å²) in [6, 6.07) is 11.4. The molecule has 0 saturated carbocycles. The summed E-state index contributed by atoms with van der Waals surface area (Å²) in [6.07, 6.45) is 1.52. The lowest BCUT2D eigenvalue weighted by molar-refractivity contribution is 0.0690. The van der Waals surface area contributed by atoms with Crippen molar-refractivity contribution in [2.45, 2.75) is 10.6 Å². The Morgan fingerprint density at radius 3 is 2.89 bits per heavy atom. The SMILES string of the molecule is O=C(O)c1cc(SCc2cccc(Br)c2)ccn1. The summed E-state index contributed by atoms with van der Waals surface area (Å²) in [5, 5.41) is 8.85. The van der Waals surface area contributed by atoms with Gasteiger partial charge in [-0.25, -0.2) is 9.78 Å². The number of pyridine rings is 1. The number of carboxylic acids is 1. The van der Waals surface area contributed by atoms with Crippen molar-refractivity contribution in [2.75, 3.05) is 0 Å². The van der Waals surface area contributed by atoms with E-state index in [9.17, 15) is 4.79 Å². The summed E-state index contributed by atoms with van der Waals surface area (Å²) < 4.78 is 1.04. The summed E-state index contributed by atoms with van der Waals surface area (Å²) in [5.41, 5.74) is 1.26. The predicted molar refractivity (Wildman–Crippen MR) is 74.9 cm³/mol. The first-order valence-electron chi connectivity index (χ1n) is 5.22. The zero-order chi connectivity index (χ0) is 13.0. The van der Waals surface area contributed by atoms with Gasteiger partial charge in [0.1, 0.15) is 5.69 Å². The number of carbonyl (C=O) groups is 1. The largest absolute Gasteiger partial charge is 0.477 e. The molecule has 1 aromatic carbocycles. The number of hydrogen-bond donors (Lipinski definition) is 1. The lowest BCUT2D eigenvalue weighted by Gasteiger charge is -2.03. The summed E-state index contributed by atoms with van der Waals surface area (Å²) in [5.74, 6) is -0.206. The molecule has 0 aliphatic carbocycles. The molecule has 0 radical (unpaired) electrons. The van der Waals surface area contributed by atoms with Gasteiger partial charge in [-0.15, -0.1) is 11.8 Å². The van der Waals surface area contributed by atoms with Crippen molar-refractivity contribution in [3.63, 3.8) is 0 Å². The van der Waals surface area contributed by atoms with E-state index >= 15 is 0 Å². The molecule has 1 aromatic heterocycles. The van der Waals surface area contributed by atoms with Crippen molar-refractivity contribution < 1.29 is 9.90 Å². The lowest BCUT2D eigenvalue weighted by atomic mass is 10.2. The number of hydrogen-bond acceptors (Lipinski definition) is 3. The highest BCUT2D eigenvalue weighted by atomic mass is 79.9. The molecule has 3 nitrogen and oxygen atoms in total. The molecule has 2 aromatic rings. The molecule has 0 spiro atoms. The van der Waals surface area contributed by atoms with E-state index in [-0.39, 0.29) is 5.69 Å². The van der Waals surface area contributed by atoms with E-state index in [4.69, 9.17) is 5.11 Å². The molecule has 0 bridgehead atoms. The molecule has 0 atom stereocenters. The van der Waals surface area contributed by atoms with E-state index < -0.39 is 5.97 Å². The zero-order valence-electron chi connectivity index (χ0n) is 9.34. The second-order valence-corrected chi connectivity index (χ2v) is 5.56. The van der Waals surface area contributed by atoms with Gasteiger partial charge in [-0.1, -0.05) is 28.1 Å². The second-order valence-electron chi connectivity index (χ2n) is 3.60. The highest BCUT2D eigenvalue weighted by Crippen LogP contribution is 2.24. The number of rotatable bonds is 4. The topological polar surface area (TPSA) is 50.2 Å². The van der Waals surface area contributed by atoms with Crippen LogP contribution in [0.15, 0.2) is 52.0 Å². The maximum Gasteiger partial charge on any atom is 0.354 e. The number of benzene rings is 1. The van der Waals surface area contributed by atoms with Crippen LogP contribution in [0.25, 0.3) is 0 Å². The van der Waals surface area contributed by atoms with Gasteiger partial charge in [-0.3, -0.25) is 0 Å². The smallest absolute Gasteiger partial charge is 0.354 e. The van der Waals surface area contributed by atoms with Crippen molar-refractivity contribution in [3.05, 3.63) is 58.3 Å². The number of aromatic nitrogens is 1. The van der Waals surface area contributed by atoms with Gasteiger partial charge in [0.25, 0.3) is 0 Å². The number of carboxylic acid groups (broad SMARTS) is 1. The molecular weight excluding hydrogens is 314 g/mol. The Morgan fingerprint density at radius 1 is 1.33 bits per heavy atom. The standard InChI is InChI=1S/C13H10BrNO2S/c14-10-3-1-2-9(6-10)8-18-11-4-5-15-12(7-11)13(16)17/h1-7H,8H2,(H,16,17). The maximum atomic E-state index is 10.8. The zero-order valence-corrected chi connectivity index (χ0v) is 11.7. The molecule has 18 heavy (non-hydrogen) atoms. The van der Waals surface area contributed by atoms with E-state index in [0.29, 0.717) is 0 Å². The van der Waals surface area contributed by atoms with Gasteiger partial charge in [0.15, 0.2) is 0 Å². The van der Waals surface area contributed by atoms with Gasteiger partial charge in [-0.2, -0.15) is 0 Å². The Hall–Kier alpha value is -1.33. The Labute approximate surface area is 117 Å². The predicted octanol–water partition coefficient (Wildman–Crippen LogP) is 3.83. The fraction of sp³-hybridized carbons (Fsp3) is 0.0769.